The van der Waals surface area contributed by atoms with Crippen LogP contribution in [0.3, 0.4) is 0 Å². The molecule has 6 nitrogen and oxygen atoms in total. The molecule has 1 aliphatic carbocycles. The van der Waals surface area contributed by atoms with Crippen LogP contribution in [0.2, 0.25) is 0 Å². The fourth-order valence-corrected chi connectivity index (χ4v) is 4.01. The summed E-state index contributed by atoms with van der Waals surface area (Å²) in [5.74, 6) is -0.666. The van der Waals surface area contributed by atoms with Crippen molar-refractivity contribution in [2.75, 3.05) is 32.6 Å². The van der Waals surface area contributed by atoms with E-state index in [-0.39, 0.29) is 18.9 Å². The minimum Gasteiger partial charge on any atom is -0.464 e. The van der Waals surface area contributed by atoms with Crippen LogP contribution in [-0.2, 0) is 40.1 Å². The second-order valence-electron chi connectivity index (χ2n) is 8.38. The highest BCUT2D eigenvalue weighted by Crippen LogP contribution is 2.30. The fraction of sp³-hybridized carbons (Fsp3) is 0.360. The number of fused-ring (bicyclic) bond motifs is 2. The first kappa shape index (κ1) is 21.0. The molecule has 2 aromatic carbocycles. The lowest BCUT2D eigenvalue weighted by molar-refractivity contribution is -0.151. The summed E-state index contributed by atoms with van der Waals surface area (Å²) in [6, 6.07) is 12.2. The lowest BCUT2D eigenvalue weighted by atomic mass is 10.0. The van der Waals surface area contributed by atoms with Gasteiger partial charge in [-0.15, -0.1) is 0 Å². The number of carbonyl (C=O) groups is 2. The van der Waals surface area contributed by atoms with Crippen LogP contribution in [-0.4, -0.2) is 44.5 Å². The third-order valence-electron chi connectivity index (χ3n) is 5.86. The van der Waals surface area contributed by atoms with E-state index in [0.29, 0.717) is 6.54 Å². The number of benzene rings is 2. The van der Waals surface area contributed by atoms with Crippen molar-refractivity contribution in [2.24, 2.45) is 0 Å². The highest BCUT2D eigenvalue weighted by Gasteiger charge is 2.18. The molecule has 1 amide bonds. The molecular formula is C25H28N2O4. The maximum Gasteiger partial charge on any atom is 0.310 e. The number of hydrogen-bond donors (Lipinski definition) is 0. The molecule has 0 fully saturated rings. The Bertz CT molecular complexity index is 1100. The molecule has 3 aromatic rings. The zero-order chi connectivity index (χ0) is 22.0. The molecule has 0 unspecified atom stereocenters. The molecule has 1 aromatic heterocycles. The van der Waals surface area contributed by atoms with Gasteiger partial charge in [0.1, 0.15) is 5.58 Å². The highest BCUT2D eigenvalue weighted by atomic mass is 16.5. The predicted octanol–water partition coefficient (Wildman–Crippen LogP) is 3.73. The molecule has 0 saturated carbocycles. The van der Waals surface area contributed by atoms with Gasteiger partial charge in [-0.1, -0.05) is 12.1 Å². The molecule has 0 radical (unpaired) electrons. The first-order valence-corrected chi connectivity index (χ1v) is 10.6. The summed E-state index contributed by atoms with van der Waals surface area (Å²) >= 11 is 0. The van der Waals surface area contributed by atoms with Gasteiger partial charge in [0.05, 0.1) is 12.7 Å². The summed E-state index contributed by atoms with van der Waals surface area (Å²) in [4.78, 5) is 28.3. The lowest BCUT2D eigenvalue weighted by Gasteiger charge is -2.18. The summed E-state index contributed by atoms with van der Waals surface area (Å²) in [5.41, 5.74) is 6.39. The van der Waals surface area contributed by atoms with Crippen LogP contribution < -0.4 is 4.90 Å². The van der Waals surface area contributed by atoms with Crippen LogP contribution in [0, 0.1) is 0 Å². The van der Waals surface area contributed by atoms with E-state index in [4.69, 9.17) is 9.15 Å². The van der Waals surface area contributed by atoms with Gasteiger partial charge < -0.3 is 19.0 Å². The number of rotatable bonds is 7. The Hall–Kier alpha value is -3.28. The molecule has 0 spiro atoms. The van der Waals surface area contributed by atoms with Crippen molar-refractivity contribution in [3.63, 3.8) is 0 Å². The summed E-state index contributed by atoms with van der Waals surface area (Å²) in [6.45, 7) is 0.192. The van der Waals surface area contributed by atoms with Gasteiger partial charge >= 0.3 is 5.97 Å². The molecule has 31 heavy (non-hydrogen) atoms. The average Bonchev–Trinajstić information content (AvgIpc) is 3.37. The molecule has 162 valence electrons. The summed E-state index contributed by atoms with van der Waals surface area (Å²) in [5, 5.41) is 0.960. The zero-order valence-electron chi connectivity index (χ0n) is 18.3. The van der Waals surface area contributed by atoms with Crippen molar-refractivity contribution < 1.29 is 18.7 Å². The fourth-order valence-electron chi connectivity index (χ4n) is 4.01. The summed E-state index contributed by atoms with van der Waals surface area (Å²) < 4.78 is 10.9. The number of esters is 1. The highest BCUT2D eigenvalue weighted by molar-refractivity contribution is 5.88. The van der Waals surface area contributed by atoms with Gasteiger partial charge in [-0.25, -0.2) is 0 Å². The van der Waals surface area contributed by atoms with Gasteiger partial charge in [0.15, 0.2) is 6.61 Å². The number of anilines is 1. The van der Waals surface area contributed by atoms with Crippen LogP contribution in [0.25, 0.3) is 11.0 Å². The summed E-state index contributed by atoms with van der Waals surface area (Å²) in [7, 11) is 5.68. The number of nitrogens with zero attached hydrogens (tertiary/aromatic N) is 2. The number of ether oxygens (including phenoxy) is 1. The number of aryl methyl sites for hydroxylation is 2. The first-order chi connectivity index (χ1) is 14.9. The first-order valence-electron chi connectivity index (χ1n) is 10.6. The third-order valence-corrected chi connectivity index (χ3v) is 5.86. The number of furan rings is 1. The molecule has 0 N–H and O–H groups in total. The molecule has 0 atom stereocenters. The monoisotopic (exact) mass is 420 g/mol. The van der Waals surface area contributed by atoms with Crippen LogP contribution in [0.5, 0.6) is 0 Å². The van der Waals surface area contributed by atoms with Crippen molar-refractivity contribution in [1.29, 1.82) is 0 Å². The summed E-state index contributed by atoms with van der Waals surface area (Å²) in [6.07, 6.45) is 5.02. The molecule has 0 saturated heterocycles. The second kappa shape index (κ2) is 8.84. The Kier molecular flexibility index (Phi) is 5.98. The quantitative estimate of drug-likeness (QED) is 0.545. The van der Waals surface area contributed by atoms with Gasteiger partial charge in [-0.2, -0.15) is 0 Å². The van der Waals surface area contributed by atoms with Crippen molar-refractivity contribution in [3.8, 4) is 0 Å². The van der Waals surface area contributed by atoms with E-state index in [0.717, 1.165) is 47.0 Å². The smallest absolute Gasteiger partial charge is 0.310 e. The van der Waals surface area contributed by atoms with Gasteiger partial charge in [0, 0.05) is 44.3 Å². The normalized spacial score (nSPS) is 12.6. The average molecular weight is 421 g/mol. The topological polar surface area (TPSA) is 63.0 Å². The van der Waals surface area contributed by atoms with Crippen molar-refractivity contribution in [1.82, 2.24) is 4.90 Å². The van der Waals surface area contributed by atoms with Crippen LogP contribution in [0.4, 0.5) is 5.69 Å². The van der Waals surface area contributed by atoms with E-state index in [1.807, 2.05) is 43.3 Å². The van der Waals surface area contributed by atoms with E-state index in [9.17, 15) is 9.59 Å². The minimum atomic E-state index is -0.430. The van der Waals surface area contributed by atoms with Crippen molar-refractivity contribution >= 4 is 28.5 Å². The zero-order valence-corrected chi connectivity index (χ0v) is 18.3. The van der Waals surface area contributed by atoms with Gasteiger partial charge in [-0.3, -0.25) is 9.59 Å². The Morgan fingerprint density at radius 3 is 2.45 bits per heavy atom. The molecule has 1 aliphatic rings. The number of amides is 1. The molecule has 4 rings (SSSR count). The molecule has 0 bridgehead atoms. The Morgan fingerprint density at radius 2 is 1.74 bits per heavy atom. The van der Waals surface area contributed by atoms with Crippen molar-refractivity contribution in [3.05, 3.63) is 64.9 Å². The number of likely N-dealkylation sites (N-methyl/N-ethyl adjacent to an activating group) is 1. The maximum absolute atomic E-state index is 12.4. The molecule has 1 heterocycles. The van der Waals surface area contributed by atoms with Gasteiger partial charge in [0.25, 0.3) is 5.91 Å². The molecular weight excluding hydrogens is 392 g/mol. The predicted molar refractivity (Wildman–Crippen MR) is 120 cm³/mol. The van der Waals surface area contributed by atoms with Crippen LogP contribution in [0.15, 0.2) is 47.1 Å². The minimum absolute atomic E-state index is 0.0920. The standard InChI is InChI=1S/C25H28N2O4/c1-26(2)21-9-7-17(8-10-21)14-27(3)24(28)16-31-25(29)13-20-15-30-23-12-19-6-4-5-18(19)11-22(20)23/h7-12,15H,4-6,13-14,16H2,1-3H3. The van der Waals surface area contributed by atoms with E-state index in [2.05, 4.69) is 12.1 Å². The van der Waals surface area contributed by atoms with Gasteiger partial charge in [0.2, 0.25) is 0 Å². The second-order valence-corrected chi connectivity index (χ2v) is 8.38. The maximum atomic E-state index is 12.4. The van der Waals surface area contributed by atoms with Crippen LogP contribution in [0.1, 0.15) is 28.7 Å². The number of hydrogen-bond acceptors (Lipinski definition) is 5. The lowest BCUT2D eigenvalue weighted by Crippen LogP contribution is -2.31. The molecule has 6 heteroatoms. The van der Waals surface area contributed by atoms with E-state index in [1.165, 1.54) is 11.1 Å². The number of carbonyl (C=O) groups excluding carboxylic acids is 2. The van der Waals surface area contributed by atoms with Crippen molar-refractivity contribution in [2.45, 2.75) is 32.2 Å². The van der Waals surface area contributed by atoms with E-state index < -0.39 is 5.97 Å². The SMILES string of the molecule is CN(Cc1ccc(N(C)C)cc1)C(=O)COC(=O)Cc1coc2cc3c(cc12)CCC3. The van der Waals surface area contributed by atoms with Gasteiger partial charge in [-0.05, 0) is 60.2 Å². The Morgan fingerprint density at radius 1 is 1.03 bits per heavy atom. The Labute approximate surface area is 182 Å². The van der Waals surface area contributed by atoms with Crippen LogP contribution >= 0.6 is 0 Å². The van der Waals surface area contributed by atoms with E-state index >= 15 is 0 Å². The van der Waals surface area contributed by atoms with E-state index in [1.54, 1.807) is 18.2 Å². The Balaban J connectivity index is 1.30. The molecule has 0 aliphatic heterocycles. The largest absolute Gasteiger partial charge is 0.464 e. The third kappa shape index (κ3) is 4.74.